The smallest absolute Gasteiger partial charge is 0.355 e. The van der Waals surface area contributed by atoms with Gasteiger partial charge >= 0.3 is 5.97 Å². The maximum absolute atomic E-state index is 12.4. The number of carbonyl (C=O) groups excluding carboxylic acids is 1. The third-order valence-electron chi connectivity index (χ3n) is 3.85. The van der Waals surface area contributed by atoms with Crippen LogP contribution in [-0.4, -0.2) is 11.0 Å². The van der Waals surface area contributed by atoms with Gasteiger partial charge in [0, 0.05) is 5.69 Å². The minimum Gasteiger partial charge on any atom is -0.456 e. The van der Waals surface area contributed by atoms with E-state index in [9.17, 15) is 4.79 Å². The third kappa shape index (κ3) is 3.79. The summed E-state index contributed by atoms with van der Waals surface area (Å²) >= 11 is 0. The molecule has 3 heteroatoms. The van der Waals surface area contributed by atoms with Gasteiger partial charge in [-0.25, -0.2) is 4.79 Å². The van der Waals surface area contributed by atoms with E-state index < -0.39 is 0 Å². The standard InChI is InChI=1S/C19H25NO2/c1-5-16-14(4)18(20-17(16)11-13(2)3)19(21)22-12-15-9-7-6-8-10-15/h6-10,13,20H,5,11-12H2,1-4H3. The van der Waals surface area contributed by atoms with Crippen LogP contribution in [0.3, 0.4) is 0 Å². The Hall–Kier alpha value is -2.03. The molecule has 0 saturated carbocycles. The Morgan fingerprint density at radius 1 is 1.23 bits per heavy atom. The van der Waals surface area contributed by atoms with Gasteiger partial charge in [-0.3, -0.25) is 0 Å². The molecular weight excluding hydrogens is 274 g/mol. The maximum atomic E-state index is 12.4. The van der Waals surface area contributed by atoms with E-state index in [1.807, 2.05) is 37.3 Å². The Morgan fingerprint density at radius 3 is 2.50 bits per heavy atom. The topological polar surface area (TPSA) is 42.1 Å². The van der Waals surface area contributed by atoms with Crippen LogP contribution in [-0.2, 0) is 24.2 Å². The molecule has 118 valence electrons. The Morgan fingerprint density at radius 2 is 1.91 bits per heavy atom. The van der Waals surface area contributed by atoms with Crippen LogP contribution in [0.1, 0.15) is 53.6 Å². The minimum atomic E-state index is -0.272. The van der Waals surface area contributed by atoms with Crippen molar-refractivity contribution in [2.24, 2.45) is 5.92 Å². The molecule has 0 radical (unpaired) electrons. The quantitative estimate of drug-likeness (QED) is 0.801. The van der Waals surface area contributed by atoms with Crippen molar-refractivity contribution in [3.05, 3.63) is 58.4 Å². The number of aromatic amines is 1. The highest BCUT2D eigenvalue weighted by molar-refractivity contribution is 5.89. The van der Waals surface area contributed by atoms with Crippen molar-refractivity contribution < 1.29 is 9.53 Å². The van der Waals surface area contributed by atoms with Gasteiger partial charge in [-0.15, -0.1) is 0 Å². The average molecular weight is 299 g/mol. The first-order valence-corrected chi connectivity index (χ1v) is 7.94. The van der Waals surface area contributed by atoms with Crippen LogP contribution in [0.4, 0.5) is 0 Å². The van der Waals surface area contributed by atoms with E-state index in [1.54, 1.807) is 0 Å². The summed E-state index contributed by atoms with van der Waals surface area (Å²) < 4.78 is 5.44. The molecule has 0 saturated heterocycles. The SMILES string of the molecule is CCc1c(CC(C)C)[nH]c(C(=O)OCc2ccccc2)c1C. The summed E-state index contributed by atoms with van der Waals surface area (Å²) in [6.07, 6.45) is 1.88. The normalized spacial score (nSPS) is 11.0. The van der Waals surface area contributed by atoms with Crippen LogP contribution in [0.25, 0.3) is 0 Å². The number of hydrogen-bond donors (Lipinski definition) is 1. The number of hydrogen-bond acceptors (Lipinski definition) is 2. The fourth-order valence-corrected chi connectivity index (χ4v) is 2.76. The molecule has 0 bridgehead atoms. The van der Waals surface area contributed by atoms with Gasteiger partial charge in [0.15, 0.2) is 0 Å². The van der Waals surface area contributed by atoms with Gasteiger partial charge in [0.2, 0.25) is 0 Å². The summed E-state index contributed by atoms with van der Waals surface area (Å²) in [6, 6.07) is 9.75. The summed E-state index contributed by atoms with van der Waals surface area (Å²) in [5.74, 6) is 0.280. The molecule has 0 fully saturated rings. The number of esters is 1. The van der Waals surface area contributed by atoms with Gasteiger partial charge in [0.1, 0.15) is 12.3 Å². The van der Waals surface area contributed by atoms with E-state index >= 15 is 0 Å². The largest absolute Gasteiger partial charge is 0.456 e. The molecule has 0 aliphatic heterocycles. The number of aromatic nitrogens is 1. The predicted octanol–water partition coefficient (Wildman–Crippen LogP) is 4.44. The van der Waals surface area contributed by atoms with E-state index in [4.69, 9.17) is 4.74 Å². The van der Waals surface area contributed by atoms with Gasteiger partial charge in [-0.2, -0.15) is 0 Å². The molecular formula is C19H25NO2. The number of rotatable bonds is 6. The summed E-state index contributed by atoms with van der Waals surface area (Å²) in [4.78, 5) is 15.6. The fourth-order valence-electron chi connectivity index (χ4n) is 2.76. The number of ether oxygens (including phenoxy) is 1. The minimum absolute atomic E-state index is 0.272. The van der Waals surface area contributed by atoms with E-state index in [0.29, 0.717) is 18.2 Å². The molecule has 22 heavy (non-hydrogen) atoms. The molecule has 0 spiro atoms. The zero-order valence-corrected chi connectivity index (χ0v) is 13.9. The highest BCUT2D eigenvalue weighted by Gasteiger charge is 2.19. The van der Waals surface area contributed by atoms with Crippen LogP contribution in [0.5, 0.6) is 0 Å². The van der Waals surface area contributed by atoms with Crippen molar-refractivity contribution >= 4 is 5.97 Å². The van der Waals surface area contributed by atoms with Gasteiger partial charge in [0.05, 0.1) is 0 Å². The van der Waals surface area contributed by atoms with E-state index in [-0.39, 0.29) is 5.97 Å². The Balaban J connectivity index is 2.13. The van der Waals surface area contributed by atoms with Crippen molar-refractivity contribution in [3.8, 4) is 0 Å². The highest BCUT2D eigenvalue weighted by atomic mass is 16.5. The highest BCUT2D eigenvalue weighted by Crippen LogP contribution is 2.22. The number of H-pyrrole nitrogens is 1. The van der Waals surface area contributed by atoms with Crippen molar-refractivity contribution in [3.63, 3.8) is 0 Å². The van der Waals surface area contributed by atoms with Crippen LogP contribution >= 0.6 is 0 Å². The van der Waals surface area contributed by atoms with Crippen molar-refractivity contribution in [1.82, 2.24) is 4.98 Å². The second kappa shape index (κ2) is 7.30. The molecule has 0 aliphatic rings. The maximum Gasteiger partial charge on any atom is 0.355 e. The van der Waals surface area contributed by atoms with Crippen LogP contribution in [0.2, 0.25) is 0 Å². The van der Waals surface area contributed by atoms with Crippen LogP contribution in [0.15, 0.2) is 30.3 Å². The van der Waals surface area contributed by atoms with Crippen molar-refractivity contribution in [1.29, 1.82) is 0 Å². The molecule has 1 aromatic heterocycles. The van der Waals surface area contributed by atoms with Gasteiger partial charge in [0.25, 0.3) is 0 Å². The van der Waals surface area contributed by atoms with Gasteiger partial charge in [-0.05, 0) is 42.4 Å². The molecule has 0 unspecified atom stereocenters. The first-order chi connectivity index (χ1) is 10.5. The molecule has 3 nitrogen and oxygen atoms in total. The van der Waals surface area contributed by atoms with Gasteiger partial charge in [-0.1, -0.05) is 51.1 Å². The van der Waals surface area contributed by atoms with Crippen LogP contribution in [0, 0.1) is 12.8 Å². The lowest BCUT2D eigenvalue weighted by molar-refractivity contribution is 0.0465. The summed E-state index contributed by atoms with van der Waals surface area (Å²) in [5, 5.41) is 0. The number of nitrogens with one attached hydrogen (secondary N) is 1. The molecule has 0 aliphatic carbocycles. The molecule has 2 rings (SSSR count). The lowest BCUT2D eigenvalue weighted by Gasteiger charge is -2.05. The zero-order chi connectivity index (χ0) is 16.1. The molecule has 1 heterocycles. The van der Waals surface area contributed by atoms with Crippen molar-refractivity contribution in [2.45, 2.75) is 47.1 Å². The third-order valence-corrected chi connectivity index (χ3v) is 3.85. The molecule has 2 aromatic rings. The van der Waals surface area contributed by atoms with Crippen molar-refractivity contribution in [2.75, 3.05) is 0 Å². The monoisotopic (exact) mass is 299 g/mol. The Bertz CT molecular complexity index is 626. The second-order valence-electron chi connectivity index (χ2n) is 6.10. The second-order valence-corrected chi connectivity index (χ2v) is 6.10. The Kier molecular flexibility index (Phi) is 5.42. The molecule has 0 atom stereocenters. The first kappa shape index (κ1) is 16.3. The average Bonchev–Trinajstić information content (AvgIpc) is 2.81. The summed E-state index contributed by atoms with van der Waals surface area (Å²) in [6.45, 7) is 8.79. The molecule has 1 N–H and O–H groups in total. The lowest BCUT2D eigenvalue weighted by Crippen LogP contribution is -2.07. The predicted molar refractivity (Wildman–Crippen MR) is 89.0 cm³/mol. The number of carbonyl (C=O) groups is 1. The lowest BCUT2D eigenvalue weighted by atomic mass is 10.0. The first-order valence-electron chi connectivity index (χ1n) is 7.94. The zero-order valence-electron chi connectivity index (χ0n) is 13.9. The number of benzene rings is 1. The molecule has 0 amide bonds. The Labute approximate surface area is 132 Å². The summed E-state index contributed by atoms with van der Waals surface area (Å²) in [5.41, 5.74) is 5.04. The van der Waals surface area contributed by atoms with E-state index in [0.717, 1.165) is 24.0 Å². The molecule has 1 aromatic carbocycles. The van der Waals surface area contributed by atoms with Crippen LogP contribution < -0.4 is 0 Å². The van der Waals surface area contributed by atoms with E-state index in [1.165, 1.54) is 11.3 Å². The fraction of sp³-hybridized carbons (Fsp3) is 0.421. The van der Waals surface area contributed by atoms with E-state index in [2.05, 4.69) is 25.8 Å². The van der Waals surface area contributed by atoms with Gasteiger partial charge < -0.3 is 9.72 Å². The summed E-state index contributed by atoms with van der Waals surface area (Å²) in [7, 11) is 0.